The fraction of sp³-hybridized carbons (Fsp3) is 0.474. The number of rotatable bonds is 5. The summed E-state index contributed by atoms with van der Waals surface area (Å²) in [7, 11) is 0. The van der Waals surface area contributed by atoms with Crippen molar-refractivity contribution in [1.82, 2.24) is 4.90 Å². The Morgan fingerprint density at radius 1 is 1.33 bits per heavy atom. The molecule has 0 spiro atoms. The fourth-order valence-electron chi connectivity index (χ4n) is 3.39. The highest BCUT2D eigenvalue weighted by molar-refractivity contribution is 6.09. The van der Waals surface area contributed by atoms with Gasteiger partial charge in [0.25, 0.3) is 5.91 Å². The van der Waals surface area contributed by atoms with Gasteiger partial charge in [-0.3, -0.25) is 9.59 Å². The molecule has 2 heterocycles. The number of amides is 1. The molecule has 0 radical (unpaired) electrons. The summed E-state index contributed by atoms with van der Waals surface area (Å²) in [6.45, 7) is 4.63. The number of aliphatic hydroxyl groups is 1. The van der Waals surface area contributed by atoms with E-state index in [1.54, 1.807) is 18.7 Å². The standard InChI is InChI=1S/C19H23NO4/c1-12(2)17(21)15-16(13-7-4-3-5-8-13)20(19(23)18(15)22)11-14-9-6-10-24-14/h3-5,7-8,12,14,16,22H,6,9-11H2,1-2H3. The van der Waals surface area contributed by atoms with Crippen molar-refractivity contribution in [3.63, 3.8) is 0 Å². The van der Waals surface area contributed by atoms with Crippen LogP contribution < -0.4 is 0 Å². The second kappa shape index (κ2) is 6.77. The van der Waals surface area contributed by atoms with E-state index in [-0.39, 0.29) is 23.4 Å². The molecule has 2 atom stereocenters. The number of nitrogens with zero attached hydrogens (tertiary/aromatic N) is 1. The van der Waals surface area contributed by atoms with E-state index in [2.05, 4.69) is 0 Å². The minimum atomic E-state index is -0.544. The van der Waals surface area contributed by atoms with E-state index in [4.69, 9.17) is 4.74 Å². The summed E-state index contributed by atoms with van der Waals surface area (Å²) in [4.78, 5) is 26.8. The van der Waals surface area contributed by atoms with Gasteiger partial charge in [-0.25, -0.2) is 0 Å². The van der Waals surface area contributed by atoms with Crippen molar-refractivity contribution >= 4 is 11.7 Å². The van der Waals surface area contributed by atoms with Crippen molar-refractivity contribution in [3.05, 3.63) is 47.2 Å². The first kappa shape index (κ1) is 16.7. The van der Waals surface area contributed by atoms with E-state index in [0.29, 0.717) is 13.2 Å². The third-order valence-corrected chi connectivity index (χ3v) is 4.63. The minimum absolute atomic E-state index is 0.0403. The quantitative estimate of drug-likeness (QED) is 0.902. The predicted molar refractivity (Wildman–Crippen MR) is 89.4 cm³/mol. The number of carbonyl (C=O) groups excluding carboxylic acids is 2. The Labute approximate surface area is 141 Å². The van der Waals surface area contributed by atoms with Crippen molar-refractivity contribution in [1.29, 1.82) is 0 Å². The second-order valence-corrected chi connectivity index (χ2v) is 6.69. The van der Waals surface area contributed by atoms with Gasteiger partial charge in [0.2, 0.25) is 0 Å². The maximum atomic E-state index is 12.6. The Morgan fingerprint density at radius 3 is 2.62 bits per heavy atom. The molecule has 128 valence electrons. The van der Waals surface area contributed by atoms with Crippen LogP contribution >= 0.6 is 0 Å². The molecular weight excluding hydrogens is 306 g/mol. The van der Waals surface area contributed by atoms with Crippen LogP contribution in [0.1, 0.15) is 38.3 Å². The van der Waals surface area contributed by atoms with Crippen molar-refractivity contribution in [2.24, 2.45) is 5.92 Å². The molecule has 3 rings (SSSR count). The van der Waals surface area contributed by atoms with Gasteiger partial charge in [-0.1, -0.05) is 44.2 Å². The zero-order valence-corrected chi connectivity index (χ0v) is 14.1. The van der Waals surface area contributed by atoms with Crippen LogP contribution in [0.5, 0.6) is 0 Å². The second-order valence-electron chi connectivity index (χ2n) is 6.69. The van der Waals surface area contributed by atoms with Crippen molar-refractivity contribution < 1.29 is 19.4 Å². The van der Waals surface area contributed by atoms with Crippen LogP contribution in [0.4, 0.5) is 0 Å². The third-order valence-electron chi connectivity index (χ3n) is 4.63. The summed E-state index contributed by atoms with van der Waals surface area (Å²) in [5, 5.41) is 10.4. The summed E-state index contributed by atoms with van der Waals surface area (Å²) in [6.07, 6.45) is 1.82. The van der Waals surface area contributed by atoms with Gasteiger partial charge in [0.1, 0.15) is 0 Å². The van der Waals surface area contributed by atoms with Gasteiger partial charge >= 0.3 is 0 Å². The van der Waals surface area contributed by atoms with Gasteiger partial charge in [0.15, 0.2) is 11.5 Å². The molecule has 2 aliphatic rings. The van der Waals surface area contributed by atoms with Crippen LogP contribution in [-0.2, 0) is 14.3 Å². The van der Waals surface area contributed by atoms with Crippen LogP contribution in [-0.4, -0.2) is 41.0 Å². The molecule has 0 aliphatic carbocycles. The lowest BCUT2D eigenvalue weighted by atomic mass is 9.91. The van der Waals surface area contributed by atoms with Gasteiger partial charge in [0, 0.05) is 19.1 Å². The Balaban J connectivity index is 1.99. The molecule has 2 aliphatic heterocycles. The first-order chi connectivity index (χ1) is 11.5. The lowest BCUT2D eigenvalue weighted by molar-refractivity contribution is -0.131. The maximum Gasteiger partial charge on any atom is 0.290 e. The summed E-state index contributed by atoms with van der Waals surface area (Å²) < 4.78 is 5.65. The number of benzene rings is 1. The number of ketones is 1. The van der Waals surface area contributed by atoms with E-state index in [1.807, 2.05) is 30.3 Å². The van der Waals surface area contributed by atoms with Gasteiger partial charge in [-0.05, 0) is 18.4 Å². The predicted octanol–water partition coefficient (Wildman–Crippen LogP) is 2.79. The first-order valence-corrected chi connectivity index (χ1v) is 8.45. The number of hydrogen-bond acceptors (Lipinski definition) is 4. The third kappa shape index (κ3) is 2.96. The lowest BCUT2D eigenvalue weighted by Crippen LogP contribution is -2.37. The normalized spacial score (nSPS) is 24.3. The minimum Gasteiger partial charge on any atom is -0.503 e. The van der Waals surface area contributed by atoms with Crippen molar-refractivity contribution in [2.75, 3.05) is 13.2 Å². The summed E-state index contributed by atoms with van der Waals surface area (Å²) in [6, 6.07) is 8.85. The molecular formula is C19H23NO4. The summed E-state index contributed by atoms with van der Waals surface area (Å²) in [5.41, 5.74) is 1.04. The average molecular weight is 329 g/mol. The maximum absolute atomic E-state index is 12.6. The number of Topliss-reactive ketones (excluding diaryl/α,β-unsaturated/α-hetero) is 1. The molecule has 1 saturated heterocycles. The molecule has 1 aromatic carbocycles. The Kier molecular flexibility index (Phi) is 4.71. The van der Waals surface area contributed by atoms with Gasteiger partial charge < -0.3 is 14.7 Å². The highest BCUT2D eigenvalue weighted by Crippen LogP contribution is 2.39. The van der Waals surface area contributed by atoms with E-state index in [1.165, 1.54) is 0 Å². The van der Waals surface area contributed by atoms with E-state index in [9.17, 15) is 14.7 Å². The largest absolute Gasteiger partial charge is 0.503 e. The molecule has 5 nitrogen and oxygen atoms in total. The Morgan fingerprint density at radius 2 is 2.04 bits per heavy atom. The van der Waals surface area contributed by atoms with Crippen LogP contribution in [0.3, 0.4) is 0 Å². The van der Waals surface area contributed by atoms with E-state index < -0.39 is 17.7 Å². The first-order valence-electron chi connectivity index (χ1n) is 8.45. The molecule has 1 aromatic rings. The molecule has 2 unspecified atom stereocenters. The number of aliphatic hydroxyl groups excluding tert-OH is 1. The van der Waals surface area contributed by atoms with Gasteiger partial charge in [-0.15, -0.1) is 0 Å². The Hall–Kier alpha value is -2.14. The molecule has 1 N–H and O–H groups in total. The fourth-order valence-corrected chi connectivity index (χ4v) is 3.39. The van der Waals surface area contributed by atoms with Crippen LogP contribution in [0.15, 0.2) is 41.7 Å². The molecule has 0 bridgehead atoms. The monoisotopic (exact) mass is 329 g/mol. The van der Waals surface area contributed by atoms with E-state index in [0.717, 1.165) is 18.4 Å². The van der Waals surface area contributed by atoms with Gasteiger partial charge in [-0.2, -0.15) is 0 Å². The zero-order valence-electron chi connectivity index (χ0n) is 14.1. The van der Waals surface area contributed by atoms with Crippen LogP contribution in [0, 0.1) is 5.92 Å². The van der Waals surface area contributed by atoms with Crippen molar-refractivity contribution in [3.8, 4) is 0 Å². The zero-order chi connectivity index (χ0) is 17.3. The van der Waals surface area contributed by atoms with Gasteiger partial charge in [0.05, 0.1) is 17.7 Å². The SMILES string of the molecule is CC(C)C(=O)C1=C(O)C(=O)N(CC2CCCO2)C1c1ccccc1. The number of carbonyl (C=O) groups is 2. The number of hydrogen-bond donors (Lipinski definition) is 1. The number of ether oxygens (including phenoxy) is 1. The smallest absolute Gasteiger partial charge is 0.290 e. The molecule has 5 heteroatoms. The van der Waals surface area contributed by atoms with Crippen LogP contribution in [0.25, 0.3) is 0 Å². The highest BCUT2D eigenvalue weighted by atomic mass is 16.5. The van der Waals surface area contributed by atoms with E-state index >= 15 is 0 Å². The van der Waals surface area contributed by atoms with Crippen molar-refractivity contribution in [2.45, 2.75) is 38.8 Å². The molecule has 0 aromatic heterocycles. The molecule has 1 fully saturated rings. The lowest BCUT2D eigenvalue weighted by Gasteiger charge is -2.29. The summed E-state index contributed by atoms with van der Waals surface area (Å²) >= 11 is 0. The Bertz CT molecular complexity index is 659. The molecule has 24 heavy (non-hydrogen) atoms. The molecule has 0 saturated carbocycles. The summed E-state index contributed by atoms with van der Waals surface area (Å²) in [5.74, 6) is -1.38. The van der Waals surface area contributed by atoms with Crippen LogP contribution in [0.2, 0.25) is 0 Å². The topological polar surface area (TPSA) is 66.8 Å². The molecule has 1 amide bonds. The highest BCUT2D eigenvalue weighted by Gasteiger charge is 2.44. The average Bonchev–Trinajstić information content (AvgIpc) is 3.17.